The van der Waals surface area contributed by atoms with E-state index in [4.69, 9.17) is 5.73 Å². The Hall–Kier alpha value is -0.180. The molecule has 7 heavy (non-hydrogen) atoms. The fourth-order valence-electron chi connectivity index (χ4n) is 0.285. The van der Waals surface area contributed by atoms with Gasteiger partial charge in [0.05, 0.1) is 12.5 Å². The van der Waals surface area contributed by atoms with E-state index in [0.29, 0.717) is 5.75 Å². The summed E-state index contributed by atoms with van der Waals surface area (Å²) in [5, 5.41) is 0. The summed E-state index contributed by atoms with van der Waals surface area (Å²) in [6.45, 7) is 0. The molecule has 0 radical (unpaired) electrons. The van der Waals surface area contributed by atoms with Gasteiger partial charge in [-0.1, -0.05) is 0 Å². The molecule has 0 unspecified atom stereocenters. The summed E-state index contributed by atoms with van der Waals surface area (Å²) in [5.41, 5.74) is 4.86. The lowest BCUT2D eigenvalue weighted by atomic mass is 10.8. The largest absolute Gasteiger partial charge is 0.366 e. The zero-order valence-corrected chi connectivity index (χ0v) is 5.42. The van der Waals surface area contributed by atoms with Crippen LogP contribution in [0.15, 0.2) is 0 Å². The molecule has 1 amide bonds. The molecule has 42 valence electrons. The highest BCUT2D eigenvalue weighted by Crippen LogP contribution is 1.78. The molecule has 0 saturated carbocycles. The average Bonchev–Trinajstić information content (AvgIpc) is 1.27. The van der Waals surface area contributed by atoms with E-state index in [0.717, 1.165) is 0 Å². The van der Waals surface area contributed by atoms with Gasteiger partial charge in [-0.2, -0.15) is 0 Å². The molecule has 0 aliphatic carbocycles. The minimum Gasteiger partial charge on any atom is -0.366 e. The van der Waals surface area contributed by atoms with Crippen LogP contribution in [0.25, 0.3) is 0 Å². The zero-order chi connectivity index (χ0) is 5.86. The summed E-state index contributed by atoms with van der Waals surface area (Å²) in [5.74, 6) is 0.327. The van der Waals surface area contributed by atoms with Crippen molar-refractivity contribution in [2.75, 3.05) is 18.3 Å². The Labute approximate surface area is 46.4 Å². The molecule has 0 aromatic rings. The number of carbonyl (C=O) groups is 1. The van der Waals surface area contributed by atoms with E-state index in [9.17, 15) is 4.79 Å². The highest BCUT2D eigenvalue weighted by molar-refractivity contribution is 7.96. The molecule has 0 aliphatic heterocycles. The second kappa shape index (κ2) is 2.91. The maximum absolute atomic E-state index is 10.0. The van der Waals surface area contributed by atoms with Crippen molar-refractivity contribution in [1.29, 1.82) is 0 Å². The van der Waals surface area contributed by atoms with Crippen LogP contribution in [-0.4, -0.2) is 24.2 Å². The summed E-state index contributed by atoms with van der Waals surface area (Å²) in [7, 11) is 0.180. The number of primary amides is 1. The average molecular weight is 120 g/mol. The van der Waals surface area contributed by atoms with E-state index < -0.39 is 0 Å². The Morgan fingerprint density at radius 3 is 2.14 bits per heavy atom. The summed E-state index contributed by atoms with van der Waals surface area (Å²) < 4.78 is 0. The van der Waals surface area contributed by atoms with Crippen molar-refractivity contribution in [3.63, 3.8) is 0 Å². The van der Waals surface area contributed by atoms with Gasteiger partial charge in [0.25, 0.3) is 5.91 Å². The number of hydrogen-bond acceptors (Lipinski definition) is 1. The molecule has 0 bridgehead atoms. The lowest BCUT2D eigenvalue weighted by molar-refractivity contribution is -0.115. The van der Waals surface area contributed by atoms with Gasteiger partial charge in [0.2, 0.25) is 0 Å². The van der Waals surface area contributed by atoms with Gasteiger partial charge in [-0.25, -0.2) is 0 Å². The molecule has 0 atom stereocenters. The molecule has 0 spiro atoms. The van der Waals surface area contributed by atoms with Crippen molar-refractivity contribution in [3.8, 4) is 0 Å². The summed E-state index contributed by atoms with van der Waals surface area (Å²) >= 11 is 0. The lowest BCUT2D eigenvalue weighted by Gasteiger charge is -1.87. The molecule has 0 rings (SSSR count). The van der Waals surface area contributed by atoms with Crippen LogP contribution in [0.4, 0.5) is 0 Å². The van der Waals surface area contributed by atoms with Crippen LogP contribution in [0, 0.1) is 0 Å². The first-order chi connectivity index (χ1) is 3.13. The number of hydrogen-bond donors (Lipinski definition) is 1. The SMILES string of the molecule is C[S+](C)CC(N)=O. The van der Waals surface area contributed by atoms with E-state index in [1.54, 1.807) is 0 Å². The third-order valence-electron chi connectivity index (χ3n) is 0.431. The van der Waals surface area contributed by atoms with Crippen LogP contribution < -0.4 is 5.73 Å². The maximum Gasteiger partial charge on any atom is 0.267 e. The first kappa shape index (κ1) is 6.82. The van der Waals surface area contributed by atoms with Gasteiger partial charge in [-0.3, -0.25) is 4.79 Å². The highest BCUT2D eigenvalue weighted by Gasteiger charge is 2.04. The molecule has 0 heterocycles. The Kier molecular flexibility index (Phi) is 2.83. The standard InChI is InChI=1S/C4H9NOS/c1-7(2)3-4(5)6/h3H2,1-2H3,(H-,5,6)/p+1. The van der Waals surface area contributed by atoms with Crippen LogP contribution in [-0.2, 0) is 15.7 Å². The first-order valence-corrected chi connectivity index (χ1v) is 4.16. The molecule has 3 heteroatoms. The van der Waals surface area contributed by atoms with E-state index >= 15 is 0 Å². The van der Waals surface area contributed by atoms with Crippen LogP contribution in [0.2, 0.25) is 0 Å². The van der Waals surface area contributed by atoms with Crippen molar-refractivity contribution in [2.45, 2.75) is 0 Å². The van der Waals surface area contributed by atoms with Gasteiger partial charge in [-0.15, -0.1) is 0 Å². The fourth-order valence-corrected chi connectivity index (χ4v) is 0.854. The van der Waals surface area contributed by atoms with Crippen molar-refractivity contribution >= 4 is 16.8 Å². The van der Waals surface area contributed by atoms with Gasteiger partial charge in [0.1, 0.15) is 0 Å². The van der Waals surface area contributed by atoms with Gasteiger partial charge in [0.15, 0.2) is 5.75 Å². The Bertz CT molecular complexity index is 72.1. The monoisotopic (exact) mass is 120 g/mol. The minimum absolute atomic E-state index is 0.180. The van der Waals surface area contributed by atoms with Crippen molar-refractivity contribution in [2.24, 2.45) is 5.73 Å². The number of amides is 1. The van der Waals surface area contributed by atoms with Crippen molar-refractivity contribution in [1.82, 2.24) is 0 Å². The molecule has 0 aromatic heterocycles. The van der Waals surface area contributed by atoms with Gasteiger partial charge in [-0.05, 0) is 10.9 Å². The maximum atomic E-state index is 10.0. The summed E-state index contributed by atoms with van der Waals surface area (Å²) in [6, 6.07) is 0. The molecule has 0 saturated heterocycles. The Balaban J connectivity index is 3.13. The normalized spacial score (nSPS) is 9.57. The first-order valence-electron chi connectivity index (χ1n) is 1.95. The third-order valence-corrected chi connectivity index (χ3v) is 1.29. The van der Waals surface area contributed by atoms with Gasteiger partial charge >= 0.3 is 0 Å². The predicted octanol–water partition coefficient (Wildman–Crippen LogP) is -0.650. The Morgan fingerprint density at radius 1 is 1.71 bits per heavy atom. The van der Waals surface area contributed by atoms with Crippen LogP contribution in [0.3, 0.4) is 0 Å². The van der Waals surface area contributed by atoms with Crippen LogP contribution in [0.5, 0.6) is 0 Å². The molecular weight excluding hydrogens is 110 g/mol. The fraction of sp³-hybridized carbons (Fsp3) is 0.750. The topological polar surface area (TPSA) is 43.1 Å². The summed E-state index contributed by atoms with van der Waals surface area (Å²) in [6.07, 6.45) is 3.98. The van der Waals surface area contributed by atoms with E-state index in [-0.39, 0.29) is 16.8 Å². The van der Waals surface area contributed by atoms with E-state index in [2.05, 4.69) is 0 Å². The van der Waals surface area contributed by atoms with Gasteiger partial charge < -0.3 is 5.73 Å². The molecule has 2 N–H and O–H groups in total. The second-order valence-electron chi connectivity index (χ2n) is 1.60. The van der Waals surface area contributed by atoms with E-state index in [1.807, 2.05) is 12.5 Å². The van der Waals surface area contributed by atoms with E-state index in [1.165, 1.54) is 0 Å². The number of rotatable bonds is 2. The third kappa shape index (κ3) is 5.82. The smallest absolute Gasteiger partial charge is 0.267 e. The van der Waals surface area contributed by atoms with Crippen molar-refractivity contribution < 1.29 is 4.79 Å². The van der Waals surface area contributed by atoms with Gasteiger partial charge in [0, 0.05) is 0 Å². The Morgan fingerprint density at radius 2 is 2.14 bits per heavy atom. The zero-order valence-electron chi connectivity index (χ0n) is 4.60. The molecule has 0 aliphatic rings. The lowest BCUT2D eigenvalue weighted by Crippen LogP contribution is -2.21. The quantitative estimate of drug-likeness (QED) is 0.483. The second-order valence-corrected chi connectivity index (χ2v) is 3.86. The van der Waals surface area contributed by atoms with Crippen molar-refractivity contribution in [3.05, 3.63) is 0 Å². The summed E-state index contributed by atoms with van der Waals surface area (Å²) in [4.78, 5) is 10.0. The predicted molar refractivity (Wildman–Crippen MR) is 33.3 cm³/mol. The molecular formula is C4H10NOS+. The molecule has 2 nitrogen and oxygen atoms in total. The number of carbonyl (C=O) groups excluding carboxylic acids is 1. The number of nitrogens with two attached hydrogens (primary N) is 1. The minimum atomic E-state index is -0.201. The molecule has 0 fully saturated rings. The van der Waals surface area contributed by atoms with Crippen LogP contribution >= 0.6 is 0 Å². The molecule has 0 aromatic carbocycles. The highest BCUT2D eigenvalue weighted by atomic mass is 32.2. The van der Waals surface area contributed by atoms with Crippen LogP contribution in [0.1, 0.15) is 0 Å².